The molecule has 7 heteroatoms. The molecule has 0 bridgehead atoms. The third-order valence-corrected chi connectivity index (χ3v) is 3.13. The fourth-order valence-electron chi connectivity index (χ4n) is 1.41. The molecule has 0 atom stereocenters. The van der Waals surface area contributed by atoms with E-state index in [2.05, 4.69) is 24.9 Å². The van der Waals surface area contributed by atoms with Crippen molar-refractivity contribution < 1.29 is 0 Å². The lowest BCUT2D eigenvalue weighted by Crippen LogP contribution is -1.96. The molecule has 0 fully saturated rings. The van der Waals surface area contributed by atoms with Gasteiger partial charge in [-0.2, -0.15) is 4.98 Å². The molecule has 0 unspecified atom stereocenters. The number of hydrogen-bond acceptors (Lipinski definition) is 6. The van der Waals surface area contributed by atoms with Crippen molar-refractivity contribution >= 4 is 28.9 Å². The maximum Gasteiger partial charge on any atom is 0.223 e. The van der Waals surface area contributed by atoms with E-state index in [1.807, 2.05) is 12.1 Å². The molecular weight excluding hydrogens is 236 g/mol. The third-order valence-electron chi connectivity index (χ3n) is 2.13. The number of pyridine rings is 1. The zero-order valence-corrected chi connectivity index (χ0v) is 9.48. The Balaban J connectivity index is 2.08. The van der Waals surface area contributed by atoms with E-state index in [-0.39, 0.29) is 5.95 Å². The number of aromatic amines is 1. The Bertz CT molecular complexity index is 650. The van der Waals surface area contributed by atoms with Gasteiger partial charge in [-0.25, -0.2) is 9.97 Å². The van der Waals surface area contributed by atoms with Gasteiger partial charge in [0.1, 0.15) is 10.5 Å². The molecule has 6 nitrogen and oxygen atoms in total. The minimum absolute atomic E-state index is 0.223. The lowest BCUT2D eigenvalue weighted by atomic mass is 10.5. The number of aromatic nitrogens is 5. The molecule has 17 heavy (non-hydrogen) atoms. The highest BCUT2D eigenvalue weighted by Gasteiger charge is 2.09. The van der Waals surface area contributed by atoms with Crippen LogP contribution in [0.2, 0.25) is 0 Å². The van der Waals surface area contributed by atoms with Crippen molar-refractivity contribution in [2.45, 2.75) is 9.92 Å². The highest BCUT2D eigenvalue weighted by molar-refractivity contribution is 7.99. The molecular formula is C10H8N6S. The Morgan fingerprint density at radius 3 is 2.82 bits per heavy atom. The number of nitrogens with one attached hydrogen (secondary N) is 1. The molecule has 3 rings (SSSR count). The number of fused-ring (bicyclic) bond motifs is 1. The van der Waals surface area contributed by atoms with Crippen LogP contribution in [-0.2, 0) is 0 Å². The summed E-state index contributed by atoms with van der Waals surface area (Å²) in [7, 11) is 0. The second-order valence-corrected chi connectivity index (χ2v) is 4.34. The normalized spacial score (nSPS) is 10.8. The molecule has 0 aromatic carbocycles. The quantitative estimate of drug-likeness (QED) is 0.663. The van der Waals surface area contributed by atoms with Crippen LogP contribution in [0.15, 0.2) is 40.8 Å². The first-order chi connectivity index (χ1) is 8.33. The molecule has 0 amide bonds. The van der Waals surface area contributed by atoms with Crippen LogP contribution in [0.3, 0.4) is 0 Å². The third kappa shape index (κ3) is 1.92. The van der Waals surface area contributed by atoms with E-state index in [0.29, 0.717) is 5.65 Å². The molecule has 0 saturated carbocycles. The Labute approximate surface area is 101 Å². The highest BCUT2D eigenvalue weighted by atomic mass is 32.2. The molecule has 3 aromatic heterocycles. The summed E-state index contributed by atoms with van der Waals surface area (Å²) in [4.78, 5) is 20.3. The summed E-state index contributed by atoms with van der Waals surface area (Å²) in [6.07, 6.45) is 5.05. The van der Waals surface area contributed by atoms with Gasteiger partial charge >= 0.3 is 0 Å². The zero-order chi connectivity index (χ0) is 11.7. The first-order valence-electron chi connectivity index (χ1n) is 4.87. The molecule has 84 valence electrons. The minimum atomic E-state index is 0.223. The van der Waals surface area contributed by atoms with Crippen molar-refractivity contribution in [1.29, 1.82) is 0 Å². The van der Waals surface area contributed by atoms with Crippen LogP contribution >= 0.6 is 11.8 Å². The second kappa shape index (κ2) is 4.02. The summed E-state index contributed by atoms with van der Waals surface area (Å²) >= 11 is 1.49. The SMILES string of the molecule is Nc1nc(Sc2ccncc2)c2[nH]cnc2n1. The highest BCUT2D eigenvalue weighted by Crippen LogP contribution is 2.29. The van der Waals surface area contributed by atoms with Crippen LogP contribution in [0.25, 0.3) is 11.2 Å². The Hall–Kier alpha value is -2.15. The first-order valence-corrected chi connectivity index (χ1v) is 5.69. The number of anilines is 1. The fourth-order valence-corrected chi connectivity index (χ4v) is 2.29. The van der Waals surface area contributed by atoms with Gasteiger partial charge in [-0.05, 0) is 12.1 Å². The lowest BCUT2D eigenvalue weighted by molar-refractivity contribution is 1.10. The van der Waals surface area contributed by atoms with Gasteiger partial charge in [0.15, 0.2) is 5.65 Å². The number of nitrogens with zero attached hydrogens (tertiary/aromatic N) is 4. The minimum Gasteiger partial charge on any atom is -0.368 e. The van der Waals surface area contributed by atoms with Gasteiger partial charge in [0.2, 0.25) is 5.95 Å². The van der Waals surface area contributed by atoms with E-state index in [1.54, 1.807) is 18.7 Å². The smallest absolute Gasteiger partial charge is 0.223 e. The topological polar surface area (TPSA) is 93.4 Å². The number of imidazole rings is 1. The summed E-state index contributed by atoms with van der Waals surface area (Å²) in [5.41, 5.74) is 7.01. The van der Waals surface area contributed by atoms with Gasteiger partial charge in [-0.1, -0.05) is 11.8 Å². The number of nitrogen functional groups attached to an aromatic ring is 1. The van der Waals surface area contributed by atoms with Crippen molar-refractivity contribution in [3.05, 3.63) is 30.9 Å². The molecule has 0 radical (unpaired) electrons. The second-order valence-electron chi connectivity index (χ2n) is 3.27. The molecule has 3 heterocycles. The van der Waals surface area contributed by atoms with Gasteiger partial charge in [0, 0.05) is 17.3 Å². The van der Waals surface area contributed by atoms with E-state index in [9.17, 15) is 0 Å². The van der Waals surface area contributed by atoms with Crippen molar-refractivity contribution in [3.63, 3.8) is 0 Å². The van der Waals surface area contributed by atoms with E-state index >= 15 is 0 Å². The van der Waals surface area contributed by atoms with Crippen molar-refractivity contribution in [2.75, 3.05) is 5.73 Å². The molecule has 3 aromatic rings. The Morgan fingerprint density at radius 2 is 2.00 bits per heavy atom. The lowest BCUT2D eigenvalue weighted by Gasteiger charge is -2.02. The summed E-state index contributed by atoms with van der Waals surface area (Å²) in [6.45, 7) is 0. The van der Waals surface area contributed by atoms with E-state index < -0.39 is 0 Å². The summed E-state index contributed by atoms with van der Waals surface area (Å²) in [5, 5.41) is 0.760. The number of hydrogen-bond donors (Lipinski definition) is 2. The largest absolute Gasteiger partial charge is 0.368 e. The van der Waals surface area contributed by atoms with Crippen LogP contribution in [-0.4, -0.2) is 24.9 Å². The number of nitrogens with two attached hydrogens (primary N) is 1. The molecule has 0 saturated heterocycles. The molecule has 0 aliphatic rings. The van der Waals surface area contributed by atoms with Gasteiger partial charge < -0.3 is 10.7 Å². The summed E-state index contributed by atoms with van der Waals surface area (Å²) in [5.74, 6) is 0.223. The molecule has 0 aliphatic heterocycles. The van der Waals surface area contributed by atoms with Crippen LogP contribution in [0.1, 0.15) is 0 Å². The monoisotopic (exact) mass is 244 g/mol. The average Bonchev–Trinajstić information content (AvgIpc) is 2.78. The number of rotatable bonds is 2. The standard InChI is InChI=1S/C10H8N6S/c11-10-15-8-7(13-5-14-8)9(16-10)17-6-1-3-12-4-2-6/h1-5H,(H3,11,13,14,15,16). The first kappa shape index (κ1) is 10.0. The van der Waals surface area contributed by atoms with E-state index in [0.717, 1.165) is 15.4 Å². The van der Waals surface area contributed by atoms with Crippen LogP contribution in [0.5, 0.6) is 0 Å². The molecule has 0 spiro atoms. The van der Waals surface area contributed by atoms with Gasteiger partial charge in [-0.3, -0.25) is 4.98 Å². The van der Waals surface area contributed by atoms with Crippen molar-refractivity contribution in [1.82, 2.24) is 24.9 Å². The van der Waals surface area contributed by atoms with Gasteiger partial charge in [0.25, 0.3) is 0 Å². The predicted molar refractivity (Wildman–Crippen MR) is 64.5 cm³/mol. The maximum absolute atomic E-state index is 5.64. The van der Waals surface area contributed by atoms with Crippen LogP contribution in [0.4, 0.5) is 5.95 Å². The van der Waals surface area contributed by atoms with Gasteiger partial charge in [-0.15, -0.1) is 0 Å². The summed E-state index contributed by atoms with van der Waals surface area (Å²) in [6, 6.07) is 3.82. The van der Waals surface area contributed by atoms with Gasteiger partial charge in [0.05, 0.1) is 6.33 Å². The Morgan fingerprint density at radius 1 is 1.18 bits per heavy atom. The fraction of sp³-hybridized carbons (Fsp3) is 0. The van der Waals surface area contributed by atoms with E-state index in [4.69, 9.17) is 5.73 Å². The van der Waals surface area contributed by atoms with Crippen LogP contribution < -0.4 is 5.73 Å². The zero-order valence-electron chi connectivity index (χ0n) is 8.66. The number of H-pyrrole nitrogens is 1. The Kier molecular flexibility index (Phi) is 2.37. The van der Waals surface area contributed by atoms with Crippen molar-refractivity contribution in [3.8, 4) is 0 Å². The average molecular weight is 244 g/mol. The summed E-state index contributed by atoms with van der Waals surface area (Å²) < 4.78 is 0. The van der Waals surface area contributed by atoms with E-state index in [1.165, 1.54) is 11.8 Å². The van der Waals surface area contributed by atoms with Crippen molar-refractivity contribution in [2.24, 2.45) is 0 Å². The molecule has 0 aliphatic carbocycles. The van der Waals surface area contributed by atoms with Crippen LogP contribution in [0, 0.1) is 0 Å². The maximum atomic E-state index is 5.64. The molecule has 3 N–H and O–H groups in total. The predicted octanol–water partition coefficient (Wildman–Crippen LogP) is 1.48.